The summed E-state index contributed by atoms with van der Waals surface area (Å²) in [5.41, 5.74) is 1.59. The van der Waals surface area contributed by atoms with E-state index in [0.29, 0.717) is 50.6 Å². The molecule has 1 aliphatic rings. The number of hydrogen-bond donors (Lipinski definition) is 1. The largest absolute Gasteiger partial charge is 0.492 e. The molecule has 0 aliphatic carbocycles. The van der Waals surface area contributed by atoms with Gasteiger partial charge in [0.25, 0.3) is 0 Å². The Hall–Kier alpha value is -2.86. The second-order valence-corrected chi connectivity index (χ2v) is 7.29. The number of piperidine rings is 1. The number of rotatable bonds is 8. The molecule has 1 aliphatic heterocycles. The Labute approximate surface area is 178 Å². The van der Waals surface area contributed by atoms with Crippen LogP contribution in [0.25, 0.3) is 0 Å². The Balaban J connectivity index is 1.77. The van der Waals surface area contributed by atoms with E-state index in [1.54, 1.807) is 0 Å². The summed E-state index contributed by atoms with van der Waals surface area (Å²) < 4.78 is 10.8. The Morgan fingerprint density at radius 1 is 1.00 bits per heavy atom. The SMILES string of the molecule is CCOC(=O)C1CCN([C@@H](C(=O)Nc2ccccc2OCC)c2ccccc2)CC1. The van der Waals surface area contributed by atoms with Crippen molar-refractivity contribution in [2.24, 2.45) is 5.92 Å². The maximum atomic E-state index is 13.4. The molecule has 1 N–H and O–H groups in total. The van der Waals surface area contributed by atoms with Crippen LogP contribution in [-0.4, -0.2) is 43.1 Å². The zero-order valence-corrected chi connectivity index (χ0v) is 17.7. The standard InChI is InChI=1S/C24H30N2O4/c1-3-29-21-13-9-8-12-20(21)25-23(27)22(18-10-6-5-7-11-18)26-16-14-19(15-17-26)24(28)30-4-2/h5-13,19,22H,3-4,14-17H2,1-2H3,(H,25,27)/t22-/m1/s1. The average Bonchev–Trinajstić information content (AvgIpc) is 2.77. The van der Waals surface area contributed by atoms with E-state index in [4.69, 9.17) is 9.47 Å². The van der Waals surface area contributed by atoms with Gasteiger partial charge in [-0.1, -0.05) is 42.5 Å². The fourth-order valence-electron chi connectivity index (χ4n) is 3.87. The number of amides is 1. The maximum absolute atomic E-state index is 13.4. The minimum atomic E-state index is -0.441. The van der Waals surface area contributed by atoms with E-state index in [9.17, 15) is 9.59 Å². The molecular weight excluding hydrogens is 380 g/mol. The molecule has 1 atom stereocenters. The molecule has 0 unspecified atom stereocenters. The molecule has 0 spiro atoms. The van der Waals surface area contributed by atoms with E-state index in [0.717, 1.165) is 5.56 Å². The molecule has 0 radical (unpaired) electrons. The van der Waals surface area contributed by atoms with Crippen LogP contribution >= 0.6 is 0 Å². The molecule has 1 fully saturated rings. The van der Waals surface area contributed by atoms with Gasteiger partial charge in [-0.25, -0.2) is 0 Å². The molecule has 30 heavy (non-hydrogen) atoms. The van der Waals surface area contributed by atoms with Gasteiger partial charge in [-0.05, 0) is 44.4 Å². The van der Waals surface area contributed by atoms with Crippen LogP contribution in [0.1, 0.15) is 38.3 Å². The highest BCUT2D eigenvalue weighted by Crippen LogP contribution is 2.30. The first-order valence-corrected chi connectivity index (χ1v) is 10.6. The average molecular weight is 411 g/mol. The van der Waals surface area contributed by atoms with Gasteiger partial charge in [0, 0.05) is 13.1 Å². The Kier molecular flexibility index (Phi) is 7.85. The molecule has 6 nitrogen and oxygen atoms in total. The normalized spacial score (nSPS) is 15.9. The molecule has 160 valence electrons. The summed E-state index contributed by atoms with van der Waals surface area (Å²) in [6.07, 6.45) is 1.37. The number of carbonyl (C=O) groups excluding carboxylic acids is 2. The van der Waals surface area contributed by atoms with Gasteiger partial charge in [0.1, 0.15) is 11.8 Å². The molecule has 1 saturated heterocycles. The number of hydrogen-bond acceptors (Lipinski definition) is 5. The topological polar surface area (TPSA) is 67.9 Å². The fourth-order valence-corrected chi connectivity index (χ4v) is 3.87. The van der Waals surface area contributed by atoms with Gasteiger partial charge >= 0.3 is 5.97 Å². The summed E-state index contributed by atoms with van der Waals surface area (Å²) in [5.74, 6) is 0.312. The van der Waals surface area contributed by atoms with Crippen molar-refractivity contribution in [1.82, 2.24) is 4.90 Å². The van der Waals surface area contributed by atoms with Crippen LogP contribution in [-0.2, 0) is 14.3 Å². The summed E-state index contributed by atoms with van der Waals surface area (Å²) in [6.45, 7) is 5.97. The third-order valence-corrected chi connectivity index (χ3v) is 5.32. The highest BCUT2D eigenvalue weighted by Gasteiger charge is 2.33. The molecule has 0 saturated carbocycles. The van der Waals surface area contributed by atoms with Crippen molar-refractivity contribution in [3.8, 4) is 5.75 Å². The van der Waals surface area contributed by atoms with Gasteiger partial charge in [0.05, 0.1) is 24.8 Å². The van der Waals surface area contributed by atoms with Crippen LogP contribution in [0.3, 0.4) is 0 Å². The van der Waals surface area contributed by atoms with Gasteiger partial charge in [0.15, 0.2) is 0 Å². The lowest BCUT2D eigenvalue weighted by atomic mass is 9.94. The van der Waals surface area contributed by atoms with Gasteiger partial charge in [-0.3, -0.25) is 14.5 Å². The molecule has 3 rings (SSSR count). The van der Waals surface area contributed by atoms with E-state index in [1.165, 1.54) is 0 Å². The summed E-state index contributed by atoms with van der Waals surface area (Å²) in [7, 11) is 0. The second-order valence-electron chi connectivity index (χ2n) is 7.29. The quantitative estimate of drug-likeness (QED) is 0.665. The van der Waals surface area contributed by atoms with Gasteiger partial charge < -0.3 is 14.8 Å². The van der Waals surface area contributed by atoms with Crippen molar-refractivity contribution in [2.75, 3.05) is 31.6 Å². The van der Waals surface area contributed by atoms with E-state index >= 15 is 0 Å². The number of carbonyl (C=O) groups is 2. The number of anilines is 1. The van der Waals surface area contributed by atoms with Gasteiger partial charge in [-0.2, -0.15) is 0 Å². The summed E-state index contributed by atoms with van der Waals surface area (Å²) in [5, 5.41) is 3.05. The molecule has 0 aromatic heterocycles. The van der Waals surface area contributed by atoms with Crippen molar-refractivity contribution in [3.63, 3.8) is 0 Å². The van der Waals surface area contributed by atoms with Crippen LogP contribution in [0, 0.1) is 5.92 Å². The van der Waals surface area contributed by atoms with Gasteiger partial charge in [0.2, 0.25) is 5.91 Å². The van der Waals surface area contributed by atoms with Gasteiger partial charge in [-0.15, -0.1) is 0 Å². The molecule has 0 bridgehead atoms. The van der Waals surface area contributed by atoms with Crippen LogP contribution in [0.2, 0.25) is 0 Å². The van der Waals surface area contributed by atoms with E-state index in [-0.39, 0.29) is 17.8 Å². The second kappa shape index (κ2) is 10.8. The monoisotopic (exact) mass is 410 g/mol. The molecule has 1 heterocycles. The lowest BCUT2D eigenvalue weighted by Crippen LogP contribution is -2.43. The number of esters is 1. The van der Waals surface area contributed by atoms with Crippen LogP contribution in [0.5, 0.6) is 5.75 Å². The van der Waals surface area contributed by atoms with Crippen molar-refractivity contribution >= 4 is 17.6 Å². The highest BCUT2D eigenvalue weighted by molar-refractivity contribution is 5.96. The lowest BCUT2D eigenvalue weighted by molar-refractivity contribution is -0.149. The third kappa shape index (κ3) is 5.39. The minimum absolute atomic E-state index is 0.0978. The Morgan fingerprint density at radius 3 is 2.33 bits per heavy atom. The summed E-state index contributed by atoms with van der Waals surface area (Å²) in [4.78, 5) is 27.6. The first kappa shape index (κ1) is 21.8. The minimum Gasteiger partial charge on any atom is -0.492 e. The number of nitrogens with zero attached hydrogens (tertiary/aromatic N) is 1. The van der Waals surface area contributed by atoms with E-state index in [2.05, 4.69) is 10.2 Å². The maximum Gasteiger partial charge on any atom is 0.309 e. The molecular formula is C24H30N2O4. The Morgan fingerprint density at radius 2 is 1.67 bits per heavy atom. The fraction of sp³-hybridized carbons (Fsp3) is 0.417. The first-order valence-electron chi connectivity index (χ1n) is 10.6. The van der Waals surface area contributed by atoms with Crippen molar-refractivity contribution < 1.29 is 19.1 Å². The predicted molar refractivity (Wildman–Crippen MR) is 116 cm³/mol. The van der Waals surface area contributed by atoms with Crippen molar-refractivity contribution in [2.45, 2.75) is 32.7 Å². The predicted octanol–water partition coefficient (Wildman–Crippen LogP) is 4.04. The zero-order valence-electron chi connectivity index (χ0n) is 17.7. The van der Waals surface area contributed by atoms with Crippen molar-refractivity contribution in [1.29, 1.82) is 0 Å². The number of likely N-dealkylation sites (tertiary alicyclic amines) is 1. The van der Waals surface area contributed by atoms with E-state index < -0.39 is 6.04 Å². The molecule has 1 amide bonds. The van der Waals surface area contributed by atoms with Crippen LogP contribution in [0.15, 0.2) is 54.6 Å². The molecule has 6 heteroatoms. The summed E-state index contributed by atoms with van der Waals surface area (Å²) in [6, 6.07) is 16.8. The lowest BCUT2D eigenvalue weighted by Gasteiger charge is -2.36. The number of ether oxygens (including phenoxy) is 2. The van der Waals surface area contributed by atoms with E-state index in [1.807, 2.05) is 68.4 Å². The van der Waals surface area contributed by atoms with Crippen LogP contribution in [0.4, 0.5) is 5.69 Å². The third-order valence-electron chi connectivity index (χ3n) is 5.32. The highest BCUT2D eigenvalue weighted by atomic mass is 16.5. The molecule has 2 aromatic rings. The van der Waals surface area contributed by atoms with Crippen molar-refractivity contribution in [3.05, 3.63) is 60.2 Å². The Bertz CT molecular complexity index is 832. The number of nitrogens with one attached hydrogen (secondary N) is 1. The first-order chi connectivity index (χ1) is 14.6. The number of benzene rings is 2. The number of para-hydroxylation sites is 2. The zero-order chi connectivity index (χ0) is 21.3. The molecule has 2 aromatic carbocycles. The summed E-state index contributed by atoms with van der Waals surface area (Å²) >= 11 is 0. The van der Waals surface area contributed by atoms with Crippen LogP contribution < -0.4 is 10.1 Å². The smallest absolute Gasteiger partial charge is 0.309 e.